The van der Waals surface area contributed by atoms with E-state index in [1.807, 2.05) is 60.7 Å². The topological polar surface area (TPSA) is 27.7 Å². The van der Waals surface area contributed by atoms with Crippen LogP contribution in [0.25, 0.3) is 0 Å². The van der Waals surface area contributed by atoms with Gasteiger partial charge < -0.3 is 14.2 Å². The van der Waals surface area contributed by atoms with Crippen LogP contribution >= 0.6 is 0 Å². The van der Waals surface area contributed by atoms with Gasteiger partial charge in [0.15, 0.2) is 0 Å². The van der Waals surface area contributed by atoms with E-state index < -0.39 is 0 Å². The lowest BCUT2D eigenvalue weighted by molar-refractivity contribution is -0.0771. The number of methoxy groups -OCH3 is 1. The second-order valence-corrected chi connectivity index (χ2v) is 4.33. The summed E-state index contributed by atoms with van der Waals surface area (Å²) in [6.45, 7) is 1.36. The SMILES string of the molecule is CO[C](COCc1ccccc1)OCc1ccccc1. The van der Waals surface area contributed by atoms with Crippen molar-refractivity contribution in [3.8, 4) is 0 Å². The van der Waals surface area contributed by atoms with Gasteiger partial charge >= 0.3 is 0 Å². The minimum Gasteiger partial charge on any atom is -0.371 e. The van der Waals surface area contributed by atoms with Gasteiger partial charge in [-0.15, -0.1) is 0 Å². The van der Waals surface area contributed by atoms with Crippen LogP contribution in [-0.4, -0.2) is 13.7 Å². The van der Waals surface area contributed by atoms with Crippen LogP contribution in [0, 0.1) is 6.29 Å². The molecule has 0 spiro atoms. The van der Waals surface area contributed by atoms with Gasteiger partial charge in [0, 0.05) is 7.11 Å². The van der Waals surface area contributed by atoms with Gasteiger partial charge in [0.25, 0.3) is 6.29 Å². The van der Waals surface area contributed by atoms with E-state index in [0.29, 0.717) is 26.1 Å². The molecule has 0 atom stereocenters. The van der Waals surface area contributed by atoms with Gasteiger partial charge in [0.1, 0.15) is 6.61 Å². The summed E-state index contributed by atoms with van der Waals surface area (Å²) in [6, 6.07) is 20.0. The molecule has 0 saturated heterocycles. The molecule has 0 aliphatic heterocycles. The highest BCUT2D eigenvalue weighted by Crippen LogP contribution is 2.11. The minimum absolute atomic E-state index is 0.332. The molecule has 0 heterocycles. The smallest absolute Gasteiger partial charge is 0.250 e. The normalized spacial score (nSPS) is 10.9. The zero-order valence-corrected chi connectivity index (χ0v) is 11.6. The Morgan fingerprint density at radius 3 is 1.90 bits per heavy atom. The summed E-state index contributed by atoms with van der Waals surface area (Å²) in [5, 5.41) is 0. The molecule has 105 valence electrons. The summed E-state index contributed by atoms with van der Waals surface area (Å²) in [6.07, 6.45) is 0.491. The monoisotopic (exact) mass is 271 g/mol. The first kappa shape index (κ1) is 14.7. The van der Waals surface area contributed by atoms with E-state index in [-0.39, 0.29) is 0 Å². The summed E-state index contributed by atoms with van der Waals surface area (Å²) in [7, 11) is 1.59. The lowest BCUT2D eigenvalue weighted by Gasteiger charge is -2.14. The van der Waals surface area contributed by atoms with Crippen LogP contribution in [0.5, 0.6) is 0 Å². The summed E-state index contributed by atoms with van der Waals surface area (Å²) in [5.74, 6) is 0. The van der Waals surface area contributed by atoms with Gasteiger partial charge in [0.2, 0.25) is 0 Å². The molecule has 3 heteroatoms. The van der Waals surface area contributed by atoms with E-state index in [9.17, 15) is 0 Å². The van der Waals surface area contributed by atoms with Gasteiger partial charge in [-0.1, -0.05) is 60.7 Å². The van der Waals surface area contributed by atoms with Crippen LogP contribution in [0.3, 0.4) is 0 Å². The van der Waals surface area contributed by atoms with E-state index in [4.69, 9.17) is 14.2 Å². The fourth-order valence-corrected chi connectivity index (χ4v) is 1.72. The Balaban J connectivity index is 1.70. The van der Waals surface area contributed by atoms with Crippen LogP contribution in [0.4, 0.5) is 0 Å². The Morgan fingerprint density at radius 2 is 1.35 bits per heavy atom. The highest BCUT2D eigenvalue weighted by Gasteiger charge is 2.10. The van der Waals surface area contributed by atoms with E-state index in [1.54, 1.807) is 7.11 Å². The molecule has 0 unspecified atom stereocenters. The highest BCUT2D eigenvalue weighted by molar-refractivity contribution is 5.14. The maximum Gasteiger partial charge on any atom is 0.250 e. The van der Waals surface area contributed by atoms with E-state index in [2.05, 4.69) is 0 Å². The standard InChI is InChI=1S/C17H19O3/c1-18-17(20-13-16-10-6-3-7-11-16)14-19-12-15-8-4-2-5-9-15/h2-11H,12-14H2,1H3. The van der Waals surface area contributed by atoms with Crippen molar-refractivity contribution in [1.29, 1.82) is 0 Å². The van der Waals surface area contributed by atoms with Gasteiger partial charge in [0.05, 0.1) is 13.2 Å². The summed E-state index contributed by atoms with van der Waals surface area (Å²) in [5.41, 5.74) is 2.23. The molecular formula is C17H19O3. The van der Waals surface area contributed by atoms with Crippen LogP contribution in [-0.2, 0) is 27.4 Å². The zero-order valence-electron chi connectivity index (χ0n) is 11.6. The molecule has 2 aromatic rings. The lowest BCUT2D eigenvalue weighted by atomic mass is 10.2. The first-order valence-corrected chi connectivity index (χ1v) is 6.56. The molecule has 0 fully saturated rings. The summed E-state index contributed by atoms with van der Waals surface area (Å²) >= 11 is 0. The fourth-order valence-electron chi connectivity index (χ4n) is 1.72. The number of hydrogen-bond donors (Lipinski definition) is 0. The lowest BCUT2D eigenvalue weighted by Crippen LogP contribution is -2.13. The molecular weight excluding hydrogens is 252 g/mol. The molecule has 0 aliphatic carbocycles. The molecule has 20 heavy (non-hydrogen) atoms. The summed E-state index contributed by atoms with van der Waals surface area (Å²) < 4.78 is 16.3. The first-order chi connectivity index (χ1) is 9.88. The quantitative estimate of drug-likeness (QED) is 0.734. The van der Waals surface area contributed by atoms with Gasteiger partial charge in [-0.25, -0.2) is 0 Å². The third kappa shape index (κ3) is 5.13. The Labute approximate surface area is 120 Å². The minimum atomic E-state index is 0.332. The maximum atomic E-state index is 5.58. The number of hydrogen-bond acceptors (Lipinski definition) is 3. The predicted octanol–water partition coefficient (Wildman–Crippen LogP) is 3.56. The van der Waals surface area contributed by atoms with E-state index in [1.165, 1.54) is 0 Å². The van der Waals surface area contributed by atoms with Gasteiger partial charge in [-0.2, -0.15) is 0 Å². The third-order valence-corrected chi connectivity index (χ3v) is 2.80. The Kier molecular flexibility index (Phi) is 6.24. The van der Waals surface area contributed by atoms with Crippen molar-refractivity contribution in [2.75, 3.05) is 13.7 Å². The fraction of sp³-hybridized carbons (Fsp3) is 0.235. The second kappa shape index (κ2) is 8.48. The second-order valence-electron chi connectivity index (χ2n) is 4.33. The third-order valence-electron chi connectivity index (χ3n) is 2.80. The average Bonchev–Trinajstić information content (AvgIpc) is 2.52. The molecule has 1 radical (unpaired) electrons. The number of benzene rings is 2. The van der Waals surface area contributed by atoms with Crippen molar-refractivity contribution in [1.82, 2.24) is 0 Å². The van der Waals surface area contributed by atoms with Crippen molar-refractivity contribution in [3.63, 3.8) is 0 Å². The average molecular weight is 271 g/mol. The molecule has 0 saturated carbocycles. The molecule has 2 aromatic carbocycles. The van der Waals surface area contributed by atoms with Crippen LogP contribution in [0.15, 0.2) is 60.7 Å². The first-order valence-electron chi connectivity index (χ1n) is 6.56. The number of rotatable bonds is 8. The Morgan fingerprint density at radius 1 is 0.800 bits per heavy atom. The van der Waals surface area contributed by atoms with Crippen molar-refractivity contribution < 1.29 is 14.2 Å². The van der Waals surface area contributed by atoms with Crippen LogP contribution in [0.1, 0.15) is 11.1 Å². The van der Waals surface area contributed by atoms with Crippen molar-refractivity contribution in [3.05, 3.63) is 78.1 Å². The van der Waals surface area contributed by atoms with Gasteiger partial charge in [-0.3, -0.25) is 0 Å². The van der Waals surface area contributed by atoms with Crippen molar-refractivity contribution in [2.24, 2.45) is 0 Å². The highest BCUT2D eigenvalue weighted by atomic mass is 16.7. The molecule has 0 N–H and O–H groups in total. The Bertz CT molecular complexity index is 470. The van der Waals surface area contributed by atoms with E-state index >= 15 is 0 Å². The molecule has 0 bridgehead atoms. The van der Waals surface area contributed by atoms with Crippen molar-refractivity contribution >= 4 is 0 Å². The van der Waals surface area contributed by atoms with Crippen LogP contribution < -0.4 is 0 Å². The van der Waals surface area contributed by atoms with Crippen molar-refractivity contribution in [2.45, 2.75) is 13.2 Å². The molecule has 0 aliphatic rings. The van der Waals surface area contributed by atoms with Crippen LogP contribution in [0.2, 0.25) is 0 Å². The van der Waals surface area contributed by atoms with E-state index in [0.717, 1.165) is 11.1 Å². The van der Waals surface area contributed by atoms with Gasteiger partial charge in [-0.05, 0) is 11.1 Å². The Hall–Kier alpha value is -1.68. The molecule has 3 nitrogen and oxygen atoms in total. The predicted molar refractivity (Wildman–Crippen MR) is 77.6 cm³/mol. The largest absolute Gasteiger partial charge is 0.371 e. The molecule has 0 amide bonds. The zero-order chi connectivity index (χ0) is 14.0. The molecule has 0 aromatic heterocycles. The summed E-state index contributed by atoms with van der Waals surface area (Å²) in [4.78, 5) is 0. The number of ether oxygens (including phenoxy) is 3. The maximum absolute atomic E-state index is 5.58. The molecule has 2 rings (SSSR count).